The molecule has 0 aliphatic heterocycles. The van der Waals surface area contributed by atoms with Gasteiger partial charge in [-0.25, -0.2) is 9.07 Å². The number of hydrogen-bond acceptors (Lipinski definition) is 6. The fraction of sp³-hybridized carbons (Fsp3) is 0.276. The van der Waals surface area contributed by atoms with E-state index in [1.807, 2.05) is 0 Å². The number of carbonyl (C=O) groups is 2. The van der Waals surface area contributed by atoms with Crippen molar-refractivity contribution < 1.29 is 31.9 Å². The lowest BCUT2D eigenvalue weighted by molar-refractivity contribution is -0.141. The van der Waals surface area contributed by atoms with Crippen LogP contribution in [0.1, 0.15) is 60.8 Å². The fourth-order valence-electron chi connectivity index (χ4n) is 4.76. The molecular weight excluding hydrogens is 608 g/mol. The summed E-state index contributed by atoms with van der Waals surface area (Å²) in [6.45, 7) is 5.02. The smallest absolute Gasteiger partial charge is 0.436 e. The van der Waals surface area contributed by atoms with Gasteiger partial charge in [-0.05, 0) is 42.7 Å². The Hall–Kier alpha value is -4.72. The Morgan fingerprint density at radius 2 is 1.82 bits per heavy atom. The van der Waals surface area contributed by atoms with Crippen LogP contribution in [0.2, 0.25) is 5.02 Å². The Morgan fingerprint density at radius 1 is 1.11 bits per heavy atom. The highest BCUT2D eigenvalue weighted by Gasteiger charge is 2.35. The molecule has 1 atom stereocenters. The lowest BCUT2D eigenvalue weighted by Crippen LogP contribution is -2.33. The van der Waals surface area contributed by atoms with E-state index in [2.05, 4.69) is 15.6 Å². The van der Waals surface area contributed by atoms with E-state index in [4.69, 9.17) is 22.1 Å². The van der Waals surface area contributed by atoms with Gasteiger partial charge in [0.05, 0.1) is 30.8 Å². The second kappa shape index (κ2) is 12.5. The number of methoxy groups -OCH3 is 1. The molecule has 0 fully saturated rings. The number of nitrogens with one attached hydrogen (secondary N) is 1. The molecule has 0 spiro atoms. The normalized spacial score (nSPS) is 12.3. The van der Waals surface area contributed by atoms with Crippen molar-refractivity contribution in [1.29, 1.82) is 0 Å². The van der Waals surface area contributed by atoms with Gasteiger partial charge in [0.1, 0.15) is 17.6 Å². The molecule has 3 N–H and O–H groups in total. The predicted molar refractivity (Wildman–Crippen MR) is 155 cm³/mol. The van der Waals surface area contributed by atoms with Crippen LogP contribution in [-0.4, -0.2) is 38.5 Å². The van der Waals surface area contributed by atoms with Crippen molar-refractivity contribution in [2.45, 2.75) is 45.3 Å². The number of ether oxygens (including phenoxy) is 1. The number of benzene rings is 2. The number of hydrogen-bond donors (Lipinski definition) is 2. The standard InChI is InChI=1S/C29H27ClF4N6O4/c1-5-20(28(43)36-19-8-7-16(27(35)42)26(31)25(19)14(2)3)39-12-22(44-4)18(11-24(39)41)17-10-15(30)6-9-21(17)40-13-23(37-38-40)29(32,33)34/h6-14,20H,5H2,1-4H3,(H2,35,42)(H,36,43)/t20-/m0/s1. The van der Waals surface area contributed by atoms with Crippen molar-refractivity contribution in [1.82, 2.24) is 19.6 Å². The molecule has 4 rings (SSSR count). The number of aromatic nitrogens is 4. The molecular formula is C29H27ClF4N6O4. The van der Waals surface area contributed by atoms with E-state index in [1.165, 1.54) is 43.6 Å². The van der Waals surface area contributed by atoms with E-state index in [1.54, 1.807) is 20.8 Å². The minimum absolute atomic E-state index is 0.0695. The fourth-order valence-corrected chi connectivity index (χ4v) is 4.93. The first kappa shape index (κ1) is 32.2. The van der Waals surface area contributed by atoms with Crippen molar-refractivity contribution >= 4 is 29.1 Å². The second-order valence-electron chi connectivity index (χ2n) is 10.0. The van der Waals surface area contributed by atoms with E-state index in [0.29, 0.717) is 6.20 Å². The summed E-state index contributed by atoms with van der Waals surface area (Å²) in [4.78, 5) is 38.6. The van der Waals surface area contributed by atoms with Crippen molar-refractivity contribution in [3.05, 3.63) is 86.8 Å². The highest BCUT2D eigenvalue weighted by Crippen LogP contribution is 2.37. The Balaban J connectivity index is 1.77. The van der Waals surface area contributed by atoms with Crippen LogP contribution < -0.4 is 21.3 Å². The van der Waals surface area contributed by atoms with E-state index in [-0.39, 0.29) is 50.8 Å². The molecule has 10 nitrogen and oxygen atoms in total. The zero-order chi connectivity index (χ0) is 32.5. The summed E-state index contributed by atoms with van der Waals surface area (Å²) in [5.41, 5.74) is 3.75. The molecule has 2 amide bonds. The zero-order valence-corrected chi connectivity index (χ0v) is 24.6. The number of primary amides is 1. The first-order valence-corrected chi connectivity index (χ1v) is 13.6. The third-order valence-corrected chi connectivity index (χ3v) is 7.08. The van der Waals surface area contributed by atoms with Gasteiger partial charge in [0, 0.05) is 33.5 Å². The average molecular weight is 635 g/mol. The highest BCUT2D eigenvalue weighted by atomic mass is 35.5. The number of amides is 2. The summed E-state index contributed by atoms with van der Waals surface area (Å²) in [7, 11) is 1.31. The van der Waals surface area contributed by atoms with Crippen LogP contribution in [0.25, 0.3) is 16.8 Å². The van der Waals surface area contributed by atoms with Gasteiger partial charge in [-0.3, -0.25) is 19.0 Å². The van der Waals surface area contributed by atoms with Crippen LogP contribution in [0.5, 0.6) is 5.75 Å². The third-order valence-electron chi connectivity index (χ3n) is 6.85. The first-order chi connectivity index (χ1) is 20.7. The Kier molecular flexibility index (Phi) is 9.14. The maximum absolute atomic E-state index is 15.1. The quantitative estimate of drug-likeness (QED) is 0.226. The minimum atomic E-state index is -4.73. The van der Waals surface area contributed by atoms with E-state index >= 15 is 4.39 Å². The largest absolute Gasteiger partial charge is 0.495 e. The molecule has 232 valence electrons. The number of anilines is 1. The number of pyridine rings is 1. The van der Waals surface area contributed by atoms with Crippen LogP contribution in [0, 0.1) is 5.82 Å². The van der Waals surface area contributed by atoms with Gasteiger partial charge < -0.3 is 15.8 Å². The Morgan fingerprint density at radius 3 is 2.39 bits per heavy atom. The van der Waals surface area contributed by atoms with Gasteiger partial charge >= 0.3 is 6.18 Å². The highest BCUT2D eigenvalue weighted by molar-refractivity contribution is 6.31. The molecule has 15 heteroatoms. The molecule has 2 aromatic carbocycles. The van der Waals surface area contributed by atoms with Crippen LogP contribution >= 0.6 is 11.6 Å². The monoisotopic (exact) mass is 634 g/mol. The average Bonchev–Trinajstić information content (AvgIpc) is 3.45. The molecule has 4 aromatic rings. The molecule has 0 saturated carbocycles. The molecule has 0 aliphatic rings. The maximum atomic E-state index is 15.1. The molecule has 0 aliphatic carbocycles. The number of nitrogens with two attached hydrogens (primary N) is 1. The van der Waals surface area contributed by atoms with E-state index in [0.717, 1.165) is 15.3 Å². The molecule has 44 heavy (non-hydrogen) atoms. The second-order valence-corrected chi connectivity index (χ2v) is 10.5. The Bertz CT molecular complexity index is 1800. The summed E-state index contributed by atoms with van der Waals surface area (Å²) in [6, 6.07) is 6.87. The summed E-state index contributed by atoms with van der Waals surface area (Å²) in [6.07, 6.45) is -2.61. The molecule has 0 unspecified atom stereocenters. The zero-order valence-electron chi connectivity index (χ0n) is 23.9. The lowest BCUT2D eigenvalue weighted by atomic mass is 9.96. The van der Waals surface area contributed by atoms with Gasteiger partial charge in [-0.1, -0.05) is 37.6 Å². The molecule has 0 radical (unpaired) electrons. The number of nitrogens with zero attached hydrogens (tertiary/aromatic N) is 4. The van der Waals surface area contributed by atoms with Crippen molar-refractivity contribution in [2.75, 3.05) is 12.4 Å². The van der Waals surface area contributed by atoms with Gasteiger partial charge in [-0.2, -0.15) is 13.2 Å². The molecule has 2 heterocycles. The van der Waals surface area contributed by atoms with Gasteiger partial charge in [-0.15, -0.1) is 5.10 Å². The predicted octanol–water partition coefficient (Wildman–Crippen LogP) is 5.73. The third kappa shape index (κ3) is 6.30. The van der Waals surface area contributed by atoms with Crippen molar-refractivity contribution in [3.8, 4) is 22.6 Å². The van der Waals surface area contributed by atoms with Gasteiger partial charge in [0.2, 0.25) is 5.91 Å². The van der Waals surface area contributed by atoms with Gasteiger partial charge in [0.25, 0.3) is 11.5 Å². The Labute approximate surface area is 253 Å². The van der Waals surface area contributed by atoms with Crippen LogP contribution in [0.4, 0.5) is 23.2 Å². The van der Waals surface area contributed by atoms with E-state index < -0.39 is 47.0 Å². The van der Waals surface area contributed by atoms with Crippen LogP contribution in [-0.2, 0) is 11.0 Å². The van der Waals surface area contributed by atoms with Crippen molar-refractivity contribution in [2.24, 2.45) is 5.73 Å². The number of rotatable bonds is 9. The van der Waals surface area contributed by atoms with E-state index in [9.17, 15) is 27.6 Å². The molecule has 0 saturated heterocycles. The maximum Gasteiger partial charge on any atom is 0.436 e. The first-order valence-electron chi connectivity index (χ1n) is 13.2. The SMILES string of the molecule is CC[C@@H](C(=O)Nc1ccc(C(N)=O)c(F)c1C(C)C)n1cc(OC)c(-c2cc(Cl)ccc2-n2cc(C(F)(F)F)nn2)cc1=O. The summed E-state index contributed by atoms with van der Waals surface area (Å²) in [5.74, 6) is -2.80. The van der Waals surface area contributed by atoms with Crippen molar-refractivity contribution in [3.63, 3.8) is 0 Å². The van der Waals surface area contributed by atoms with Gasteiger partial charge in [0.15, 0.2) is 5.69 Å². The topological polar surface area (TPSA) is 134 Å². The molecule has 0 bridgehead atoms. The number of alkyl halides is 3. The lowest BCUT2D eigenvalue weighted by Gasteiger charge is -2.22. The van der Waals surface area contributed by atoms with Crippen LogP contribution in [0.15, 0.2) is 53.6 Å². The minimum Gasteiger partial charge on any atom is -0.495 e. The summed E-state index contributed by atoms with van der Waals surface area (Å²) >= 11 is 6.21. The summed E-state index contributed by atoms with van der Waals surface area (Å²) in [5, 5.41) is 9.64. The summed E-state index contributed by atoms with van der Waals surface area (Å²) < 4.78 is 62.2. The number of halogens is 5. The van der Waals surface area contributed by atoms with Crippen LogP contribution in [0.3, 0.4) is 0 Å². The number of carbonyl (C=O) groups excluding carboxylic acids is 2. The molecule has 2 aromatic heterocycles.